The van der Waals surface area contributed by atoms with E-state index in [0.717, 1.165) is 5.69 Å². The maximum Gasteiger partial charge on any atom is 0.245 e. The fraction of sp³-hybridized carbons (Fsp3) is 0.500. The summed E-state index contributed by atoms with van der Waals surface area (Å²) in [7, 11) is 0. The van der Waals surface area contributed by atoms with Crippen LogP contribution in [0.15, 0.2) is 24.3 Å². The van der Waals surface area contributed by atoms with Gasteiger partial charge in [0.1, 0.15) is 11.4 Å². The van der Waals surface area contributed by atoms with E-state index >= 15 is 0 Å². The highest BCUT2D eigenvalue weighted by molar-refractivity contribution is 5.91. The molecular weight excluding hydrogens is 231 g/mol. The quantitative estimate of drug-likeness (QED) is 0.829. The molecule has 0 saturated carbocycles. The van der Waals surface area contributed by atoms with Gasteiger partial charge in [-0.05, 0) is 45.9 Å². The third-order valence-corrected chi connectivity index (χ3v) is 3.36. The van der Waals surface area contributed by atoms with E-state index in [1.54, 1.807) is 6.07 Å². The minimum atomic E-state index is -0.677. The second-order valence-electron chi connectivity index (χ2n) is 5.96. The molecule has 18 heavy (non-hydrogen) atoms. The Morgan fingerprint density at radius 2 is 1.94 bits per heavy atom. The molecule has 1 N–H and O–H groups in total. The number of hydrogen-bond acceptors (Lipinski definition) is 2. The summed E-state index contributed by atoms with van der Waals surface area (Å²) in [5.74, 6) is -0.324. The van der Waals surface area contributed by atoms with E-state index in [1.807, 2.05) is 38.7 Å². The van der Waals surface area contributed by atoms with Gasteiger partial charge in [-0.1, -0.05) is 6.07 Å². The molecule has 0 unspecified atom stereocenters. The lowest BCUT2D eigenvalue weighted by Crippen LogP contribution is -2.69. The Morgan fingerprint density at radius 3 is 2.56 bits per heavy atom. The first-order valence-electron chi connectivity index (χ1n) is 6.08. The minimum Gasteiger partial charge on any atom is -0.355 e. The molecule has 1 aliphatic heterocycles. The van der Waals surface area contributed by atoms with Gasteiger partial charge < -0.3 is 10.2 Å². The molecule has 1 aromatic rings. The van der Waals surface area contributed by atoms with E-state index in [1.165, 1.54) is 12.1 Å². The van der Waals surface area contributed by atoms with Gasteiger partial charge >= 0.3 is 0 Å². The fourth-order valence-electron chi connectivity index (χ4n) is 2.27. The molecule has 0 radical (unpaired) electrons. The molecule has 4 heteroatoms. The number of rotatable bonds is 1. The summed E-state index contributed by atoms with van der Waals surface area (Å²) in [6.45, 7) is 8.28. The second kappa shape index (κ2) is 3.97. The van der Waals surface area contributed by atoms with Crippen LogP contribution in [-0.4, -0.2) is 23.5 Å². The molecule has 3 nitrogen and oxygen atoms in total. The summed E-state index contributed by atoms with van der Waals surface area (Å²) < 4.78 is 13.3. The van der Waals surface area contributed by atoms with Gasteiger partial charge in [0, 0.05) is 12.2 Å². The van der Waals surface area contributed by atoms with E-state index in [2.05, 4.69) is 5.32 Å². The average Bonchev–Trinajstić information content (AvgIpc) is 2.23. The summed E-state index contributed by atoms with van der Waals surface area (Å²) in [5, 5.41) is 2.99. The lowest BCUT2D eigenvalue weighted by molar-refractivity contribution is -0.128. The fourth-order valence-corrected chi connectivity index (χ4v) is 2.27. The Labute approximate surface area is 107 Å². The maximum atomic E-state index is 13.3. The van der Waals surface area contributed by atoms with E-state index in [0.29, 0.717) is 6.54 Å². The number of anilines is 1. The summed E-state index contributed by atoms with van der Waals surface area (Å²) in [4.78, 5) is 14.1. The van der Waals surface area contributed by atoms with Crippen molar-refractivity contribution in [3.05, 3.63) is 30.1 Å². The Morgan fingerprint density at radius 1 is 1.28 bits per heavy atom. The van der Waals surface area contributed by atoms with Crippen molar-refractivity contribution in [3.8, 4) is 0 Å². The molecule has 98 valence electrons. The van der Waals surface area contributed by atoms with Crippen molar-refractivity contribution >= 4 is 11.6 Å². The normalized spacial score (nSPS) is 21.6. The van der Waals surface area contributed by atoms with Gasteiger partial charge in [-0.25, -0.2) is 4.39 Å². The van der Waals surface area contributed by atoms with Crippen LogP contribution in [0.1, 0.15) is 27.7 Å². The highest BCUT2D eigenvalue weighted by Gasteiger charge is 2.44. The van der Waals surface area contributed by atoms with Crippen LogP contribution in [0.5, 0.6) is 0 Å². The Hall–Kier alpha value is -1.58. The molecule has 1 aromatic carbocycles. The zero-order chi connectivity index (χ0) is 13.6. The van der Waals surface area contributed by atoms with Crippen molar-refractivity contribution < 1.29 is 9.18 Å². The van der Waals surface area contributed by atoms with Gasteiger partial charge in [-0.15, -0.1) is 0 Å². The van der Waals surface area contributed by atoms with Gasteiger partial charge in [-0.3, -0.25) is 4.79 Å². The Bertz CT molecular complexity index is 482. The van der Waals surface area contributed by atoms with Crippen molar-refractivity contribution in [2.24, 2.45) is 0 Å². The Kier molecular flexibility index (Phi) is 2.84. The molecule has 1 amide bonds. The van der Waals surface area contributed by atoms with Gasteiger partial charge in [-0.2, -0.15) is 0 Å². The van der Waals surface area contributed by atoms with E-state index in [4.69, 9.17) is 0 Å². The Balaban J connectivity index is 2.43. The smallest absolute Gasteiger partial charge is 0.245 e. The number of nitrogens with one attached hydrogen (secondary N) is 1. The number of hydrogen-bond donors (Lipinski definition) is 1. The number of piperazine rings is 1. The molecule has 0 bridgehead atoms. The molecule has 0 aromatic heterocycles. The number of benzene rings is 1. The molecule has 0 aliphatic carbocycles. The third kappa shape index (κ3) is 2.19. The van der Waals surface area contributed by atoms with Crippen LogP contribution in [0.4, 0.5) is 10.1 Å². The molecule has 1 fully saturated rings. The van der Waals surface area contributed by atoms with Gasteiger partial charge in [0.2, 0.25) is 5.91 Å². The first-order valence-corrected chi connectivity index (χ1v) is 6.08. The third-order valence-electron chi connectivity index (χ3n) is 3.36. The number of halogens is 1. The predicted octanol–water partition coefficient (Wildman–Crippen LogP) is 2.32. The lowest BCUT2D eigenvalue weighted by atomic mass is 9.90. The molecule has 0 atom stereocenters. The number of nitrogens with zero attached hydrogens (tertiary/aromatic N) is 1. The van der Waals surface area contributed by atoms with Crippen LogP contribution in [0.3, 0.4) is 0 Å². The molecular formula is C14H19FN2O. The standard InChI is InChI=1S/C14H19FN2O/c1-13(2)9-17(14(3,4)12(18)16-13)11-7-5-6-10(15)8-11/h5-8H,9H2,1-4H3,(H,16,18). The minimum absolute atomic E-state index is 0.0389. The van der Waals surface area contributed by atoms with E-state index in [-0.39, 0.29) is 17.3 Å². The molecule has 2 rings (SSSR count). The van der Waals surface area contributed by atoms with Crippen molar-refractivity contribution in [1.29, 1.82) is 0 Å². The van der Waals surface area contributed by atoms with Gasteiger partial charge in [0.25, 0.3) is 0 Å². The summed E-state index contributed by atoms with van der Waals surface area (Å²) in [5.41, 5.74) is -0.259. The SMILES string of the molecule is CC1(C)CN(c2cccc(F)c2)C(C)(C)C(=O)N1. The highest BCUT2D eigenvalue weighted by Crippen LogP contribution is 2.30. The van der Waals surface area contributed by atoms with Crippen LogP contribution in [-0.2, 0) is 4.79 Å². The van der Waals surface area contributed by atoms with E-state index in [9.17, 15) is 9.18 Å². The monoisotopic (exact) mass is 250 g/mol. The van der Waals surface area contributed by atoms with Crippen molar-refractivity contribution in [3.63, 3.8) is 0 Å². The first-order chi connectivity index (χ1) is 8.22. The van der Waals surface area contributed by atoms with Crippen LogP contribution >= 0.6 is 0 Å². The van der Waals surface area contributed by atoms with Gasteiger partial charge in [0.15, 0.2) is 0 Å². The number of carbonyl (C=O) groups excluding carboxylic acids is 1. The van der Waals surface area contributed by atoms with Crippen molar-refractivity contribution in [1.82, 2.24) is 5.32 Å². The maximum absolute atomic E-state index is 13.3. The van der Waals surface area contributed by atoms with Crippen LogP contribution in [0.2, 0.25) is 0 Å². The van der Waals surface area contributed by atoms with Crippen LogP contribution in [0.25, 0.3) is 0 Å². The number of carbonyl (C=O) groups is 1. The topological polar surface area (TPSA) is 32.3 Å². The first kappa shape index (κ1) is 12.9. The summed E-state index contributed by atoms with van der Waals surface area (Å²) in [6, 6.07) is 6.38. The van der Waals surface area contributed by atoms with Crippen LogP contribution < -0.4 is 10.2 Å². The predicted molar refractivity (Wildman–Crippen MR) is 70.0 cm³/mol. The molecule has 0 spiro atoms. The lowest BCUT2D eigenvalue weighted by Gasteiger charge is -2.49. The summed E-state index contributed by atoms with van der Waals surface area (Å²) in [6.07, 6.45) is 0. The molecule has 1 saturated heterocycles. The molecule has 1 aliphatic rings. The van der Waals surface area contributed by atoms with Crippen molar-refractivity contribution in [2.75, 3.05) is 11.4 Å². The molecule has 1 heterocycles. The second-order valence-corrected chi connectivity index (χ2v) is 5.96. The average molecular weight is 250 g/mol. The zero-order valence-electron chi connectivity index (χ0n) is 11.2. The van der Waals surface area contributed by atoms with E-state index < -0.39 is 5.54 Å². The zero-order valence-corrected chi connectivity index (χ0v) is 11.2. The summed E-state index contributed by atoms with van der Waals surface area (Å²) >= 11 is 0. The highest BCUT2D eigenvalue weighted by atomic mass is 19.1. The van der Waals surface area contributed by atoms with Gasteiger partial charge in [0.05, 0.1) is 5.54 Å². The van der Waals surface area contributed by atoms with Crippen LogP contribution in [0, 0.1) is 5.82 Å². The van der Waals surface area contributed by atoms with Crippen molar-refractivity contribution in [2.45, 2.75) is 38.8 Å². The number of amides is 1. The largest absolute Gasteiger partial charge is 0.355 e.